The fourth-order valence-corrected chi connectivity index (χ4v) is 4.67. The fraction of sp³-hybridized carbons (Fsp3) is 0.524. The predicted molar refractivity (Wildman–Crippen MR) is 102 cm³/mol. The molecule has 1 spiro atoms. The van der Waals surface area contributed by atoms with Gasteiger partial charge in [-0.1, -0.05) is 31.2 Å². The molecule has 1 amide bonds. The van der Waals surface area contributed by atoms with E-state index < -0.39 is 0 Å². The summed E-state index contributed by atoms with van der Waals surface area (Å²) in [7, 11) is 1.97. The van der Waals surface area contributed by atoms with Crippen molar-refractivity contribution < 1.29 is 4.79 Å². The maximum absolute atomic E-state index is 12.4. The summed E-state index contributed by atoms with van der Waals surface area (Å²) >= 11 is 0. The van der Waals surface area contributed by atoms with E-state index in [1.165, 1.54) is 16.7 Å². The van der Waals surface area contributed by atoms with Crippen molar-refractivity contribution in [1.82, 2.24) is 19.6 Å². The molecule has 26 heavy (non-hydrogen) atoms. The molecule has 1 fully saturated rings. The van der Waals surface area contributed by atoms with Crippen molar-refractivity contribution in [2.24, 2.45) is 7.05 Å². The van der Waals surface area contributed by atoms with Crippen LogP contribution in [0.5, 0.6) is 0 Å². The molecular weight excluding hydrogens is 324 g/mol. The third-order valence-corrected chi connectivity index (χ3v) is 6.08. The van der Waals surface area contributed by atoms with Gasteiger partial charge in [-0.3, -0.25) is 14.4 Å². The van der Waals surface area contributed by atoms with E-state index in [1.54, 1.807) is 0 Å². The second-order valence-electron chi connectivity index (χ2n) is 7.84. The maximum Gasteiger partial charge on any atom is 0.222 e. The van der Waals surface area contributed by atoms with Crippen LogP contribution in [0, 0.1) is 0 Å². The highest BCUT2D eigenvalue weighted by atomic mass is 16.2. The first kappa shape index (κ1) is 17.3. The Kier molecular flexibility index (Phi) is 4.57. The van der Waals surface area contributed by atoms with Crippen LogP contribution < -0.4 is 0 Å². The summed E-state index contributed by atoms with van der Waals surface area (Å²) in [4.78, 5) is 17.0. The number of likely N-dealkylation sites (tertiary alicyclic amines) is 1. The maximum atomic E-state index is 12.4. The minimum Gasteiger partial charge on any atom is -0.337 e. The van der Waals surface area contributed by atoms with Gasteiger partial charge in [-0.05, 0) is 37.1 Å². The Hall–Kier alpha value is -2.14. The molecule has 0 aliphatic carbocycles. The number of hydrogen-bond acceptors (Lipinski definition) is 3. The summed E-state index contributed by atoms with van der Waals surface area (Å²) in [6.45, 7) is 6.70. The summed E-state index contributed by atoms with van der Waals surface area (Å²) in [5, 5.41) is 4.28. The molecule has 1 saturated heterocycles. The summed E-state index contributed by atoms with van der Waals surface area (Å²) < 4.78 is 1.87. The highest BCUT2D eigenvalue weighted by Gasteiger charge is 2.42. The van der Waals surface area contributed by atoms with Crippen LogP contribution in [-0.2, 0) is 30.3 Å². The molecule has 2 aliphatic heterocycles. The Bertz CT molecular complexity index is 789. The van der Waals surface area contributed by atoms with Crippen LogP contribution in [0.3, 0.4) is 0 Å². The molecule has 1 aromatic carbocycles. The van der Waals surface area contributed by atoms with Gasteiger partial charge in [0.25, 0.3) is 0 Å². The second-order valence-corrected chi connectivity index (χ2v) is 7.84. The van der Waals surface area contributed by atoms with Crippen molar-refractivity contribution in [3.63, 3.8) is 0 Å². The number of carbonyl (C=O) groups is 1. The molecule has 0 unspecified atom stereocenters. The molecule has 0 saturated carbocycles. The van der Waals surface area contributed by atoms with Gasteiger partial charge in [-0.15, -0.1) is 0 Å². The van der Waals surface area contributed by atoms with E-state index in [0.29, 0.717) is 6.42 Å². The van der Waals surface area contributed by atoms with Crippen LogP contribution in [0.1, 0.15) is 42.9 Å². The van der Waals surface area contributed by atoms with Crippen molar-refractivity contribution in [3.8, 4) is 0 Å². The van der Waals surface area contributed by atoms with Crippen molar-refractivity contribution >= 4 is 5.91 Å². The number of piperidine rings is 1. The topological polar surface area (TPSA) is 41.4 Å². The zero-order chi connectivity index (χ0) is 18.1. The second kappa shape index (κ2) is 6.88. The first-order chi connectivity index (χ1) is 12.6. The summed E-state index contributed by atoms with van der Waals surface area (Å²) in [5.41, 5.74) is 4.20. The van der Waals surface area contributed by atoms with Crippen molar-refractivity contribution in [2.45, 2.75) is 44.7 Å². The highest BCUT2D eigenvalue weighted by molar-refractivity contribution is 5.76. The smallest absolute Gasteiger partial charge is 0.222 e. The molecule has 2 aliphatic rings. The van der Waals surface area contributed by atoms with Crippen molar-refractivity contribution in [1.29, 1.82) is 0 Å². The Morgan fingerprint density at radius 3 is 2.69 bits per heavy atom. The number of aromatic nitrogens is 2. The van der Waals surface area contributed by atoms with Crippen LogP contribution >= 0.6 is 0 Å². The van der Waals surface area contributed by atoms with E-state index in [1.807, 2.05) is 24.9 Å². The average Bonchev–Trinajstić information content (AvgIpc) is 3.08. The standard InChI is InChI=1S/C21H28N4O/c1-3-20(26)25-15-18-6-4-5-7-19(18)21(16-25)8-10-24(11-9-21)14-17-12-22-23(2)13-17/h4-7,12-13H,3,8-11,14-16H2,1-2H3. The van der Waals surface area contributed by atoms with E-state index >= 15 is 0 Å². The van der Waals surface area contributed by atoms with E-state index in [2.05, 4.69) is 45.4 Å². The van der Waals surface area contributed by atoms with E-state index in [4.69, 9.17) is 0 Å². The lowest BCUT2D eigenvalue weighted by atomic mass is 9.68. The number of nitrogens with zero attached hydrogens (tertiary/aromatic N) is 4. The van der Waals surface area contributed by atoms with Gasteiger partial charge in [0.15, 0.2) is 0 Å². The van der Waals surface area contributed by atoms with Gasteiger partial charge in [-0.25, -0.2) is 0 Å². The lowest BCUT2D eigenvalue weighted by Crippen LogP contribution is -2.53. The number of aryl methyl sites for hydroxylation is 1. The third-order valence-electron chi connectivity index (χ3n) is 6.08. The molecule has 0 radical (unpaired) electrons. The molecule has 2 aromatic rings. The van der Waals surface area contributed by atoms with Gasteiger partial charge in [0.2, 0.25) is 5.91 Å². The van der Waals surface area contributed by atoms with E-state index in [0.717, 1.165) is 45.6 Å². The Balaban J connectivity index is 1.53. The number of benzene rings is 1. The summed E-state index contributed by atoms with van der Waals surface area (Å²) in [6.07, 6.45) is 6.87. The Morgan fingerprint density at radius 1 is 1.23 bits per heavy atom. The molecule has 3 heterocycles. The molecule has 0 bridgehead atoms. The lowest BCUT2D eigenvalue weighted by Gasteiger charge is -2.48. The van der Waals surface area contributed by atoms with Crippen LogP contribution in [0.25, 0.3) is 0 Å². The fourth-order valence-electron chi connectivity index (χ4n) is 4.67. The minimum atomic E-state index is 0.116. The first-order valence-electron chi connectivity index (χ1n) is 9.66. The van der Waals surface area contributed by atoms with Gasteiger partial charge in [0.1, 0.15) is 0 Å². The number of amides is 1. The monoisotopic (exact) mass is 352 g/mol. The molecule has 5 nitrogen and oxygen atoms in total. The highest BCUT2D eigenvalue weighted by Crippen LogP contribution is 2.42. The number of rotatable bonds is 3. The number of fused-ring (bicyclic) bond motifs is 2. The van der Waals surface area contributed by atoms with Crippen LogP contribution in [0.4, 0.5) is 0 Å². The summed E-state index contributed by atoms with van der Waals surface area (Å²) in [6, 6.07) is 8.75. The Labute approximate surface area is 155 Å². The average molecular weight is 352 g/mol. The molecule has 1 aromatic heterocycles. The van der Waals surface area contributed by atoms with Crippen molar-refractivity contribution in [2.75, 3.05) is 19.6 Å². The zero-order valence-electron chi connectivity index (χ0n) is 15.8. The predicted octanol–water partition coefficient (Wildman–Crippen LogP) is 2.71. The molecular formula is C21H28N4O. The van der Waals surface area contributed by atoms with Gasteiger partial charge in [-0.2, -0.15) is 5.10 Å². The number of carbonyl (C=O) groups excluding carboxylic acids is 1. The quantitative estimate of drug-likeness (QED) is 0.853. The zero-order valence-corrected chi connectivity index (χ0v) is 15.8. The van der Waals surface area contributed by atoms with E-state index in [-0.39, 0.29) is 11.3 Å². The van der Waals surface area contributed by atoms with Crippen LogP contribution in [0.2, 0.25) is 0 Å². The Morgan fingerprint density at radius 2 is 2.00 bits per heavy atom. The van der Waals surface area contributed by atoms with Gasteiger partial charge >= 0.3 is 0 Å². The lowest BCUT2D eigenvalue weighted by molar-refractivity contribution is -0.133. The molecule has 5 heteroatoms. The van der Waals surface area contributed by atoms with Gasteiger partial charge in [0.05, 0.1) is 6.20 Å². The molecule has 138 valence electrons. The van der Waals surface area contributed by atoms with Crippen molar-refractivity contribution in [3.05, 3.63) is 53.3 Å². The van der Waals surface area contributed by atoms with Gasteiger partial charge in [0, 0.05) is 50.3 Å². The first-order valence-corrected chi connectivity index (χ1v) is 9.66. The summed E-state index contributed by atoms with van der Waals surface area (Å²) in [5.74, 6) is 0.275. The van der Waals surface area contributed by atoms with Crippen LogP contribution in [0.15, 0.2) is 36.7 Å². The largest absolute Gasteiger partial charge is 0.337 e. The molecule has 0 N–H and O–H groups in total. The normalized spacial score (nSPS) is 19.5. The third kappa shape index (κ3) is 3.16. The minimum absolute atomic E-state index is 0.116. The number of hydrogen-bond donors (Lipinski definition) is 0. The van der Waals surface area contributed by atoms with Crippen LogP contribution in [-0.4, -0.2) is 45.1 Å². The molecule has 4 rings (SSSR count). The molecule has 0 atom stereocenters. The van der Waals surface area contributed by atoms with E-state index in [9.17, 15) is 4.79 Å². The van der Waals surface area contributed by atoms with Gasteiger partial charge < -0.3 is 4.90 Å². The SMILES string of the molecule is CCC(=O)N1Cc2ccccc2C2(CCN(Cc3cnn(C)c3)CC2)C1.